The molecular weight excluding hydrogens is 397 g/mol. The number of nitrogens with two attached hydrogens (primary N) is 2. The highest BCUT2D eigenvalue weighted by molar-refractivity contribution is 5.87. The minimum absolute atomic E-state index is 0.0570. The van der Waals surface area contributed by atoms with Gasteiger partial charge in [-0.1, -0.05) is 6.07 Å². The first-order chi connectivity index (χ1) is 14.3. The summed E-state index contributed by atoms with van der Waals surface area (Å²) in [5, 5.41) is 9.10. The third-order valence-electron chi connectivity index (χ3n) is 4.39. The quantitative estimate of drug-likeness (QED) is 0.496. The van der Waals surface area contributed by atoms with Crippen molar-refractivity contribution in [3.63, 3.8) is 0 Å². The van der Waals surface area contributed by atoms with Gasteiger partial charge in [0.1, 0.15) is 11.2 Å². The summed E-state index contributed by atoms with van der Waals surface area (Å²) in [7, 11) is 0. The van der Waals surface area contributed by atoms with Crippen LogP contribution in [0.1, 0.15) is 16.7 Å². The van der Waals surface area contributed by atoms with Crippen LogP contribution in [0.15, 0.2) is 42.9 Å². The maximum absolute atomic E-state index is 13.1. The van der Waals surface area contributed by atoms with Crippen molar-refractivity contribution in [2.24, 2.45) is 0 Å². The van der Waals surface area contributed by atoms with Gasteiger partial charge in [-0.3, -0.25) is 4.98 Å². The van der Waals surface area contributed by atoms with E-state index in [2.05, 4.69) is 19.9 Å². The Balaban J connectivity index is 1.80. The molecule has 0 saturated heterocycles. The van der Waals surface area contributed by atoms with E-state index in [-0.39, 0.29) is 18.2 Å². The minimum Gasteiger partial charge on any atom is -0.398 e. The predicted octanol–water partition coefficient (Wildman–Crippen LogP) is 2.99. The van der Waals surface area contributed by atoms with E-state index in [9.17, 15) is 13.2 Å². The van der Waals surface area contributed by atoms with Crippen molar-refractivity contribution in [1.82, 2.24) is 24.5 Å². The number of hydrogen-bond acceptors (Lipinski definition) is 7. The number of halogens is 3. The number of alkyl halides is 3. The molecule has 1 aromatic carbocycles. The molecule has 0 fully saturated rings. The predicted molar refractivity (Wildman–Crippen MR) is 103 cm³/mol. The Bertz CT molecular complexity index is 1300. The number of nitriles is 1. The molecule has 0 unspecified atom stereocenters. The third kappa shape index (κ3) is 3.46. The van der Waals surface area contributed by atoms with Gasteiger partial charge in [-0.25, -0.2) is 9.97 Å². The molecule has 0 amide bonds. The van der Waals surface area contributed by atoms with Gasteiger partial charge in [0.2, 0.25) is 5.95 Å². The van der Waals surface area contributed by atoms with Crippen LogP contribution >= 0.6 is 0 Å². The number of aromatic nitrogens is 5. The van der Waals surface area contributed by atoms with Gasteiger partial charge >= 0.3 is 6.18 Å². The van der Waals surface area contributed by atoms with Crippen LogP contribution in [0.25, 0.3) is 22.6 Å². The summed E-state index contributed by atoms with van der Waals surface area (Å²) in [5.41, 5.74) is 12.2. The number of fused-ring (bicyclic) bond motifs is 1. The highest BCUT2D eigenvalue weighted by atomic mass is 19.4. The van der Waals surface area contributed by atoms with Crippen LogP contribution in [0.2, 0.25) is 0 Å². The van der Waals surface area contributed by atoms with E-state index in [1.54, 1.807) is 10.6 Å². The summed E-state index contributed by atoms with van der Waals surface area (Å²) in [4.78, 5) is 16.9. The molecule has 0 aliphatic rings. The summed E-state index contributed by atoms with van der Waals surface area (Å²) < 4.78 is 41.0. The monoisotopic (exact) mass is 410 g/mol. The Morgan fingerprint density at radius 3 is 2.60 bits per heavy atom. The number of nitrogen functional groups attached to an aromatic ring is 2. The highest BCUT2D eigenvalue weighted by Crippen LogP contribution is 2.34. The van der Waals surface area contributed by atoms with Crippen molar-refractivity contribution in [3.8, 4) is 17.5 Å². The molecule has 4 rings (SSSR count). The van der Waals surface area contributed by atoms with Crippen LogP contribution < -0.4 is 11.5 Å². The highest BCUT2D eigenvalue weighted by Gasteiger charge is 2.33. The number of benzene rings is 1. The molecule has 0 radical (unpaired) electrons. The first-order valence-electron chi connectivity index (χ1n) is 8.56. The second kappa shape index (κ2) is 7.00. The van der Waals surface area contributed by atoms with Crippen LogP contribution in [-0.2, 0) is 12.7 Å². The lowest BCUT2D eigenvalue weighted by molar-refractivity contribution is -0.136. The van der Waals surface area contributed by atoms with Gasteiger partial charge in [-0.05, 0) is 29.8 Å². The Kier molecular flexibility index (Phi) is 4.46. The van der Waals surface area contributed by atoms with E-state index in [4.69, 9.17) is 16.7 Å². The number of pyridine rings is 1. The van der Waals surface area contributed by atoms with Gasteiger partial charge < -0.3 is 16.0 Å². The molecule has 0 aliphatic heterocycles. The van der Waals surface area contributed by atoms with Gasteiger partial charge in [-0.2, -0.15) is 23.4 Å². The lowest BCUT2D eigenvalue weighted by Gasteiger charge is -2.12. The van der Waals surface area contributed by atoms with Gasteiger partial charge in [-0.15, -0.1) is 0 Å². The van der Waals surface area contributed by atoms with Crippen LogP contribution in [0.3, 0.4) is 0 Å². The summed E-state index contributed by atoms with van der Waals surface area (Å²) in [6.07, 6.45) is -1.67. The van der Waals surface area contributed by atoms with Crippen LogP contribution in [0.4, 0.5) is 24.8 Å². The summed E-state index contributed by atoms with van der Waals surface area (Å²) in [5.74, 6) is -0.0586. The standard InChI is InChI=1S/C19H13F3N8/c20-19(21,22)12-5-11(1-2-13(12)24)8-30-9-27-16-15(28-18(25)29-17(16)30)14-6-10(7-23)3-4-26-14/h1-6,9H,8,24H2,(H2,25,28,29). The van der Waals surface area contributed by atoms with E-state index in [0.29, 0.717) is 33.7 Å². The molecule has 0 spiro atoms. The lowest BCUT2D eigenvalue weighted by atomic mass is 10.1. The molecule has 3 aromatic heterocycles. The van der Waals surface area contributed by atoms with Gasteiger partial charge in [0.15, 0.2) is 5.65 Å². The smallest absolute Gasteiger partial charge is 0.398 e. The van der Waals surface area contributed by atoms with Crippen molar-refractivity contribution < 1.29 is 13.2 Å². The van der Waals surface area contributed by atoms with Gasteiger partial charge in [0.25, 0.3) is 0 Å². The summed E-state index contributed by atoms with van der Waals surface area (Å²) >= 11 is 0. The second-order valence-electron chi connectivity index (χ2n) is 6.44. The number of imidazole rings is 1. The average molecular weight is 410 g/mol. The number of hydrogen-bond donors (Lipinski definition) is 2. The molecule has 30 heavy (non-hydrogen) atoms. The molecule has 8 nitrogen and oxygen atoms in total. The summed E-state index contributed by atoms with van der Waals surface area (Å²) in [6.45, 7) is 0.0570. The third-order valence-corrected chi connectivity index (χ3v) is 4.39. The molecule has 3 heterocycles. The molecule has 0 saturated carbocycles. The van der Waals surface area contributed by atoms with Crippen LogP contribution in [0.5, 0.6) is 0 Å². The van der Waals surface area contributed by atoms with Crippen molar-refractivity contribution in [2.45, 2.75) is 12.7 Å². The molecule has 4 aromatic rings. The van der Waals surface area contributed by atoms with Crippen molar-refractivity contribution >= 4 is 22.8 Å². The second-order valence-corrected chi connectivity index (χ2v) is 6.44. The van der Waals surface area contributed by atoms with Gasteiger partial charge in [0, 0.05) is 11.9 Å². The Morgan fingerprint density at radius 1 is 1.07 bits per heavy atom. The molecule has 0 bridgehead atoms. The SMILES string of the molecule is N#Cc1ccnc(-c2nc(N)nc3c2ncn3Cc2ccc(N)c(C(F)(F)F)c2)c1. The topological polar surface area (TPSA) is 132 Å². The number of anilines is 2. The maximum atomic E-state index is 13.1. The molecule has 150 valence electrons. The minimum atomic E-state index is -4.56. The van der Waals surface area contributed by atoms with E-state index in [0.717, 1.165) is 6.07 Å². The van der Waals surface area contributed by atoms with Crippen LogP contribution in [-0.4, -0.2) is 24.5 Å². The van der Waals surface area contributed by atoms with E-state index in [1.807, 2.05) is 6.07 Å². The molecule has 4 N–H and O–H groups in total. The molecule has 11 heteroatoms. The Hall–Kier alpha value is -4.20. The molecule has 0 atom stereocenters. The lowest BCUT2D eigenvalue weighted by Crippen LogP contribution is -2.10. The summed E-state index contributed by atoms with van der Waals surface area (Å²) in [6, 6.07) is 8.80. The Labute approximate surface area is 167 Å². The van der Waals surface area contributed by atoms with E-state index < -0.39 is 11.7 Å². The van der Waals surface area contributed by atoms with E-state index in [1.165, 1.54) is 30.7 Å². The van der Waals surface area contributed by atoms with Gasteiger partial charge in [0.05, 0.1) is 35.8 Å². The molecule has 0 aliphatic carbocycles. The fraction of sp³-hybridized carbons (Fsp3) is 0.105. The maximum Gasteiger partial charge on any atom is 0.418 e. The fourth-order valence-corrected chi connectivity index (χ4v) is 3.03. The Morgan fingerprint density at radius 2 is 1.87 bits per heavy atom. The normalized spacial score (nSPS) is 11.5. The number of rotatable bonds is 3. The van der Waals surface area contributed by atoms with Crippen molar-refractivity contribution in [3.05, 3.63) is 59.5 Å². The zero-order chi connectivity index (χ0) is 21.5. The first-order valence-corrected chi connectivity index (χ1v) is 8.56. The first kappa shape index (κ1) is 19.1. The van der Waals surface area contributed by atoms with Crippen molar-refractivity contribution in [1.29, 1.82) is 5.26 Å². The largest absolute Gasteiger partial charge is 0.418 e. The van der Waals surface area contributed by atoms with Crippen LogP contribution in [0, 0.1) is 11.3 Å². The van der Waals surface area contributed by atoms with Crippen molar-refractivity contribution in [2.75, 3.05) is 11.5 Å². The zero-order valence-corrected chi connectivity index (χ0v) is 15.2. The number of nitrogens with zero attached hydrogens (tertiary/aromatic N) is 6. The van der Waals surface area contributed by atoms with E-state index >= 15 is 0 Å². The average Bonchev–Trinajstić information content (AvgIpc) is 3.10. The molecular formula is C19H13F3N8. The fourth-order valence-electron chi connectivity index (χ4n) is 3.03. The zero-order valence-electron chi connectivity index (χ0n) is 15.2.